The second kappa shape index (κ2) is 6.46. The van der Waals surface area contributed by atoms with E-state index in [0.717, 1.165) is 9.50 Å². The summed E-state index contributed by atoms with van der Waals surface area (Å²) in [5, 5.41) is 4.52. The zero-order valence-electron chi connectivity index (χ0n) is 9.88. The van der Waals surface area contributed by atoms with Gasteiger partial charge in [0.2, 0.25) is 0 Å². The monoisotopic (exact) mass is 333 g/mol. The Morgan fingerprint density at radius 2 is 2.12 bits per heavy atom. The van der Waals surface area contributed by atoms with E-state index in [9.17, 15) is 0 Å². The lowest BCUT2D eigenvalue weighted by molar-refractivity contribution is 0.431. The second-order valence-corrected chi connectivity index (χ2v) is 6.99. The smallest absolute Gasteiger partial charge is 0.0464 e. The molecule has 4 heteroatoms. The molecular formula is C13H17BrClNS. The number of rotatable bonds is 3. The topological polar surface area (TPSA) is 12.0 Å². The molecule has 0 aromatic heterocycles. The molecular weight excluding hydrogens is 318 g/mol. The van der Waals surface area contributed by atoms with E-state index in [2.05, 4.69) is 52.1 Å². The van der Waals surface area contributed by atoms with Gasteiger partial charge < -0.3 is 5.32 Å². The first kappa shape index (κ1) is 13.7. The number of benzene rings is 1. The van der Waals surface area contributed by atoms with Crippen molar-refractivity contribution in [2.24, 2.45) is 0 Å². The van der Waals surface area contributed by atoms with Crippen molar-refractivity contribution in [3.8, 4) is 0 Å². The number of hydrogen-bond acceptors (Lipinski definition) is 2. The summed E-state index contributed by atoms with van der Waals surface area (Å²) in [4.78, 5) is 0. The Balaban J connectivity index is 2.00. The predicted octanol–water partition coefficient (Wildman–Crippen LogP) is 4.65. The molecule has 1 aromatic carbocycles. The van der Waals surface area contributed by atoms with Crippen LogP contribution in [0.3, 0.4) is 0 Å². The van der Waals surface area contributed by atoms with Crippen molar-refractivity contribution in [1.82, 2.24) is 5.32 Å². The molecule has 17 heavy (non-hydrogen) atoms. The highest BCUT2D eigenvalue weighted by atomic mass is 79.9. The number of nitrogens with one attached hydrogen (secondary N) is 1. The molecule has 0 saturated carbocycles. The van der Waals surface area contributed by atoms with Crippen molar-refractivity contribution in [2.45, 2.75) is 31.8 Å². The fraction of sp³-hybridized carbons (Fsp3) is 0.538. The third kappa shape index (κ3) is 3.88. The first-order chi connectivity index (χ1) is 8.16. The Morgan fingerprint density at radius 1 is 1.41 bits per heavy atom. The molecule has 1 N–H and O–H groups in total. The molecule has 1 fully saturated rings. The van der Waals surface area contributed by atoms with E-state index in [4.69, 9.17) is 11.6 Å². The normalized spacial score (nSPS) is 19.2. The summed E-state index contributed by atoms with van der Waals surface area (Å²) in [6.45, 7) is 2.19. The van der Waals surface area contributed by atoms with Crippen molar-refractivity contribution >= 4 is 39.3 Å². The molecule has 0 aliphatic carbocycles. The summed E-state index contributed by atoms with van der Waals surface area (Å²) in [5.41, 5.74) is 1.19. The molecule has 0 spiro atoms. The number of thioether (sulfide) groups is 1. The third-order valence-corrected chi connectivity index (χ3v) is 5.01. The molecule has 1 unspecified atom stereocenters. The lowest BCUT2D eigenvalue weighted by Crippen LogP contribution is -2.34. The van der Waals surface area contributed by atoms with Gasteiger partial charge in [0.05, 0.1) is 0 Å². The Morgan fingerprint density at radius 3 is 2.76 bits per heavy atom. The van der Waals surface area contributed by atoms with E-state index in [1.165, 1.54) is 29.9 Å². The standard InChI is InChI=1S/C13H17BrClNS/c1-9(16-11-4-6-17-7-5-11)12-3-2-10(14)8-13(12)15/h2-3,8-9,11,16H,4-7H2,1H3. The predicted molar refractivity (Wildman–Crippen MR) is 81.0 cm³/mol. The minimum absolute atomic E-state index is 0.323. The highest BCUT2D eigenvalue weighted by Crippen LogP contribution is 2.28. The largest absolute Gasteiger partial charge is 0.307 e. The van der Waals surface area contributed by atoms with Crippen molar-refractivity contribution in [3.63, 3.8) is 0 Å². The number of halogens is 2. The lowest BCUT2D eigenvalue weighted by atomic mass is 10.1. The van der Waals surface area contributed by atoms with Crippen LogP contribution in [0.4, 0.5) is 0 Å². The second-order valence-electron chi connectivity index (χ2n) is 4.44. The van der Waals surface area contributed by atoms with Gasteiger partial charge in [0.15, 0.2) is 0 Å². The average molecular weight is 335 g/mol. The van der Waals surface area contributed by atoms with Crippen LogP contribution in [0, 0.1) is 0 Å². The van der Waals surface area contributed by atoms with Gasteiger partial charge in [0, 0.05) is 21.6 Å². The van der Waals surface area contributed by atoms with E-state index in [1.54, 1.807) is 0 Å². The van der Waals surface area contributed by atoms with Gasteiger partial charge in [0.25, 0.3) is 0 Å². The van der Waals surface area contributed by atoms with Crippen LogP contribution in [0.5, 0.6) is 0 Å². The average Bonchev–Trinajstić information content (AvgIpc) is 2.30. The van der Waals surface area contributed by atoms with Crippen molar-refractivity contribution in [3.05, 3.63) is 33.3 Å². The minimum Gasteiger partial charge on any atom is -0.307 e. The highest BCUT2D eigenvalue weighted by Gasteiger charge is 2.17. The molecule has 0 radical (unpaired) electrons. The summed E-state index contributed by atoms with van der Waals surface area (Å²) in [7, 11) is 0. The summed E-state index contributed by atoms with van der Waals surface area (Å²) >= 11 is 11.8. The van der Waals surface area contributed by atoms with Crippen molar-refractivity contribution in [1.29, 1.82) is 0 Å². The quantitative estimate of drug-likeness (QED) is 0.863. The van der Waals surface area contributed by atoms with Crippen LogP contribution in [0.25, 0.3) is 0 Å². The molecule has 94 valence electrons. The zero-order chi connectivity index (χ0) is 12.3. The summed E-state index contributed by atoms with van der Waals surface area (Å²) in [6, 6.07) is 7.08. The maximum Gasteiger partial charge on any atom is 0.0464 e. The summed E-state index contributed by atoms with van der Waals surface area (Å²) in [6.07, 6.45) is 2.53. The Kier molecular flexibility index (Phi) is 5.22. The van der Waals surface area contributed by atoms with Crippen LogP contribution >= 0.6 is 39.3 Å². The first-order valence-electron chi connectivity index (χ1n) is 5.95. The van der Waals surface area contributed by atoms with Crippen molar-refractivity contribution < 1.29 is 0 Å². The molecule has 2 rings (SSSR count). The van der Waals surface area contributed by atoms with Crippen molar-refractivity contribution in [2.75, 3.05) is 11.5 Å². The lowest BCUT2D eigenvalue weighted by Gasteiger charge is -2.27. The van der Waals surface area contributed by atoms with Gasteiger partial charge in [-0.25, -0.2) is 0 Å². The van der Waals surface area contributed by atoms with Crippen LogP contribution in [0.15, 0.2) is 22.7 Å². The van der Waals surface area contributed by atoms with Gasteiger partial charge in [-0.15, -0.1) is 0 Å². The molecule has 1 atom stereocenters. The van der Waals surface area contributed by atoms with Gasteiger partial charge >= 0.3 is 0 Å². The Labute approximate surface area is 121 Å². The van der Waals surface area contributed by atoms with Crippen LogP contribution < -0.4 is 5.32 Å². The highest BCUT2D eigenvalue weighted by molar-refractivity contribution is 9.10. The molecule has 1 saturated heterocycles. The van der Waals surface area contributed by atoms with E-state index in [0.29, 0.717) is 12.1 Å². The summed E-state index contributed by atoms with van der Waals surface area (Å²) in [5.74, 6) is 2.55. The van der Waals surface area contributed by atoms with Crippen LogP contribution in [0.1, 0.15) is 31.4 Å². The minimum atomic E-state index is 0.323. The van der Waals surface area contributed by atoms with Crippen LogP contribution in [-0.4, -0.2) is 17.5 Å². The molecule has 1 aliphatic heterocycles. The Hall–Kier alpha value is 0.300. The SMILES string of the molecule is CC(NC1CCSCC1)c1ccc(Br)cc1Cl. The molecule has 1 nitrogen and oxygen atoms in total. The van der Waals surface area contributed by atoms with E-state index < -0.39 is 0 Å². The van der Waals surface area contributed by atoms with Gasteiger partial charge in [-0.05, 0) is 49.0 Å². The fourth-order valence-electron chi connectivity index (χ4n) is 2.16. The fourth-order valence-corrected chi connectivity index (χ4v) is 4.10. The van der Waals surface area contributed by atoms with Crippen LogP contribution in [-0.2, 0) is 0 Å². The first-order valence-corrected chi connectivity index (χ1v) is 8.28. The van der Waals surface area contributed by atoms with Gasteiger partial charge in [-0.1, -0.05) is 33.6 Å². The van der Waals surface area contributed by atoms with Gasteiger partial charge in [-0.3, -0.25) is 0 Å². The van der Waals surface area contributed by atoms with Gasteiger partial charge in [-0.2, -0.15) is 11.8 Å². The molecule has 1 aromatic rings. The van der Waals surface area contributed by atoms with E-state index in [-0.39, 0.29) is 0 Å². The maximum atomic E-state index is 6.27. The zero-order valence-corrected chi connectivity index (χ0v) is 13.0. The van der Waals surface area contributed by atoms with Gasteiger partial charge in [0.1, 0.15) is 0 Å². The number of hydrogen-bond donors (Lipinski definition) is 1. The van der Waals surface area contributed by atoms with E-state index >= 15 is 0 Å². The van der Waals surface area contributed by atoms with E-state index in [1.807, 2.05) is 6.07 Å². The molecule has 1 aliphatic rings. The molecule has 0 bridgehead atoms. The maximum absolute atomic E-state index is 6.27. The third-order valence-electron chi connectivity index (χ3n) is 3.14. The molecule has 1 heterocycles. The molecule has 0 amide bonds. The Bertz CT molecular complexity index is 380. The van der Waals surface area contributed by atoms with Crippen LogP contribution in [0.2, 0.25) is 5.02 Å². The summed E-state index contributed by atoms with van der Waals surface area (Å²) < 4.78 is 1.03.